The number of fused-ring (bicyclic) bond motifs is 1. The standard InChI is InChI=1S/C10H9NO2/c12-10(4-5-10)7-2-1-3-8-9(7)11-6-13-8/h1-3,6,12H,4-5H2. The Balaban J connectivity index is 2.33. The number of benzene rings is 1. The van der Waals surface area contributed by atoms with Gasteiger partial charge in [-0.05, 0) is 18.9 Å². The second-order valence-electron chi connectivity index (χ2n) is 3.54. The minimum atomic E-state index is -0.629. The maximum Gasteiger partial charge on any atom is 0.181 e. The van der Waals surface area contributed by atoms with E-state index in [1.165, 1.54) is 6.39 Å². The summed E-state index contributed by atoms with van der Waals surface area (Å²) < 4.78 is 5.16. The summed E-state index contributed by atoms with van der Waals surface area (Å²) >= 11 is 0. The van der Waals surface area contributed by atoms with Crippen LogP contribution in [0.4, 0.5) is 0 Å². The zero-order valence-electron chi connectivity index (χ0n) is 7.03. The molecule has 3 nitrogen and oxygen atoms in total. The van der Waals surface area contributed by atoms with Crippen LogP contribution in [-0.2, 0) is 5.60 Å². The maximum atomic E-state index is 9.93. The van der Waals surface area contributed by atoms with Crippen molar-refractivity contribution in [3.8, 4) is 0 Å². The normalized spacial score (nSPS) is 19.2. The van der Waals surface area contributed by atoms with Crippen LogP contribution in [0.15, 0.2) is 29.0 Å². The molecule has 3 heteroatoms. The number of para-hydroxylation sites is 1. The maximum absolute atomic E-state index is 9.93. The van der Waals surface area contributed by atoms with Crippen LogP contribution in [0.3, 0.4) is 0 Å². The predicted molar refractivity (Wildman–Crippen MR) is 47.1 cm³/mol. The van der Waals surface area contributed by atoms with Crippen molar-refractivity contribution >= 4 is 11.1 Å². The first-order valence-electron chi connectivity index (χ1n) is 4.35. The van der Waals surface area contributed by atoms with Crippen molar-refractivity contribution in [2.75, 3.05) is 0 Å². The fourth-order valence-electron chi connectivity index (χ4n) is 1.65. The van der Waals surface area contributed by atoms with E-state index < -0.39 is 5.60 Å². The molecule has 1 aliphatic rings. The minimum absolute atomic E-state index is 0.629. The van der Waals surface area contributed by atoms with Crippen LogP contribution in [0.2, 0.25) is 0 Å². The molecule has 1 aromatic carbocycles. The van der Waals surface area contributed by atoms with Crippen LogP contribution in [0, 0.1) is 0 Å². The monoisotopic (exact) mass is 175 g/mol. The highest BCUT2D eigenvalue weighted by molar-refractivity contribution is 5.77. The summed E-state index contributed by atoms with van der Waals surface area (Å²) in [5.41, 5.74) is 1.82. The molecule has 13 heavy (non-hydrogen) atoms. The Morgan fingerprint density at radius 3 is 3.00 bits per heavy atom. The third-order valence-electron chi connectivity index (χ3n) is 2.59. The van der Waals surface area contributed by atoms with Crippen molar-refractivity contribution < 1.29 is 9.52 Å². The Kier molecular flexibility index (Phi) is 1.15. The molecule has 1 fully saturated rings. The average molecular weight is 175 g/mol. The van der Waals surface area contributed by atoms with Gasteiger partial charge >= 0.3 is 0 Å². The molecule has 0 aliphatic heterocycles. The van der Waals surface area contributed by atoms with E-state index in [9.17, 15) is 5.11 Å². The van der Waals surface area contributed by atoms with Crippen LogP contribution in [0.5, 0.6) is 0 Å². The molecule has 0 saturated heterocycles. The minimum Gasteiger partial charge on any atom is -0.443 e. The number of aliphatic hydroxyl groups is 1. The Bertz CT molecular complexity index is 457. The summed E-state index contributed by atoms with van der Waals surface area (Å²) in [5, 5.41) is 9.93. The molecule has 1 aliphatic carbocycles. The average Bonchev–Trinajstić information content (AvgIpc) is 2.72. The molecule has 0 unspecified atom stereocenters. The van der Waals surface area contributed by atoms with Gasteiger partial charge in [-0.25, -0.2) is 4.98 Å². The van der Waals surface area contributed by atoms with Gasteiger partial charge in [0.15, 0.2) is 12.0 Å². The number of hydrogen-bond donors (Lipinski definition) is 1. The molecule has 1 heterocycles. The van der Waals surface area contributed by atoms with Gasteiger partial charge in [-0.1, -0.05) is 12.1 Å². The van der Waals surface area contributed by atoms with Crippen molar-refractivity contribution in [1.82, 2.24) is 4.98 Å². The topological polar surface area (TPSA) is 46.3 Å². The molecule has 66 valence electrons. The summed E-state index contributed by atoms with van der Waals surface area (Å²) in [4.78, 5) is 4.10. The summed E-state index contributed by atoms with van der Waals surface area (Å²) in [5.74, 6) is 0. The zero-order valence-corrected chi connectivity index (χ0v) is 7.03. The molecule has 1 saturated carbocycles. The molecule has 0 atom stereocenters. The molecule has 0 amide bonds. The lowest BCUT2D eigenvalue weighted by Crippen LogP contribution is -2.04. The smallest absolute Gasteiger partial charge is 0.181 e. The first-order valence-corrected chi connectivity index (χ1v) is 4.35. The third kappa shape index (κ3) is 0.906. The van der Waals surface area contributed by atoms with Gasteiger partial charge in [0, 0.05) is 5.56 Å². The highest BCUT2D eigenvalue weighted by Gasteiger charge is 2.43. The lowest BCUT2D eigenvalue weighted by molar-refractivity contribution is 0.153. The summed E-state index contributed by atoms with van der Waals surface area (Å²) in [6, 6.07) is 5.66. The first kappa shape index (κ1) is 7.09. The molecule has 0 bridgehead atoms. The molecule has 0 spiro atoms. The molecular weight excluding hydrogens is 166 g/mol. The number of aromatic nitrogens is 1. The molecule has 1 aromatic heterocycles. The van der Waals surface area contributed by atoms with Gasteiger partial charge in [-0.15, -0.1) is 0 Å². The molecular formula is C10H9NO2. The van der Waals surface area contributed by atoms with Gasteiger partial charge in [0.25, 0.3) is 0 Å². The Morgan fingerprint density at radius 2 is 2.23 bits per heavy atom. The van der Waals surface area contributed by atoms with Gasteiger partial charge in [-0.3, -0.25) is 0 Å². The van der Waals surface area contributed by atoms with Gasteiger partial charge in [-0.2, -0.15) is 0 Å². The number of oxazole rings is 1. The van der Waals surface area contributed by atoms with E-state index in [2.05, 4.69) is 4.98 Å². The Morgan fingerprint density at radius 1 is 1.38 bits per heavy atom. The lowest BCUT2D eigenvalue weighted by atomic mass is 10.1. The van der Waals surface area contributed by atoms with Gasteiger partial charge in [0.1, 0.15) is 5.52 Å². The van der Waals surface area contributed by atoms with E-state index in [4.69, 9.17) is 4.42 Å². The second-order valence-corrected chi connectivity index (χ2v) is 3.54. The molecule has 3 rings (SSSR count). The summed E-state index contributed by atoms with van der Waals surface area (Å²) in [6.45, 7) is 0. The largest absolute Gasteiger partial charge is 0.443 e. The van der Waals surface area contributed by atoms with E-state index in [1.54, 1.807) is 0 Å². The van der Waals surface area contributed by atoms with Crippen molar-refractivity contribution in [2.45, 2.75) is 18.4 Å². The van der Waals surface area contributed by atoms with Crippen LogP contribution >= 0.6 is 0 Å². The van der Waals surface area contributed by atoms with Crippen LogP contribution in [0.25, 0.3) is 11.1 Å². The molecule has 0 radical (unpaired) electrons. The van der Waals surface area contributed by atoms with Crippen LogP contribution in [-0.4, -0.2) is 10.1 Å². The zero-order chi connectivity index (χ0) is 8.89. The fourth-order valence-corrected chi connectivity index (χ4v) is 1.65. The van der Waals surface area contributed by atoms with E-state index in [0.29, 0.717) is 0 Å². The number of rotatable bonds is 1. The van der Waals surface area contributed by atoms with Gasteiger partial charge < -0.3 is 9.52 Å². The van der Waals surface area contributed by atoms with Crippen molar-refractivity contribution in [3.63, 3.8) is 0 Å². The van der Waals surface area contributed by atoms with Crippen molar-refractivity contribution in [3.05, 3.63) is 30.2 Å². The van der Waals surface area contributed by atoms with Crippen molar-refractivity contribution in [1.29, 1.82) is 0 Å². The second kappa shape index (κ2) is 2.12. The fraction of sp³-hybridized carbons (Fsp3) is 0.300. The predicted octanol–water partition coefficient (Wildman–Crippen LogP) is 1.81. The van der Waals surface area contributed by atoms with Gasteiger partial charge in [0.05, 0.1) is 5.60 Å². The SMILES string of the molecule is OC1(c2cccc3ocnc23)CC1. The highest BCUT2D eigenvalue weighted by atomic mass is 16.3. The first-order chi connectivity index (χ1) is 6.30. The summed E-state index contributed by atoms with van der Waals surface area (Å²) in [7, 11) is 0. The van der Waals surface area contributed by atoms with E-state index in [0.717, 1.165) is 29.5 Å². The third-order valence-corrected chi connectivity index (χ3v) is 2.59. The lowest BCUT2D eigenvalue weighted by Gasteiger charge is -2.06. The summed E-state index contributed by atoms with van der Waals surface area (Å²) in [6.07, 6.45) is 3.08. The Hall–Kier alpha value is -1.35. The van der Waals surface area contributed by atoms with E-state index in [1.807, 2.05) is 18.2 Å². The number of hydrogen-bond acceptors (Lipinski definition) is 3. The van der Waals surface area contributed by atoms with Crippen molar-refractivity contribution in [2.24, 2.45) is 0 Å². The Labute approximate surface area is 75.0 Å². The van der Waals surface area contributed by atoms with Crippen LogP contribution in [0.1, 0.15) is 18.4 Å². The van der Waals surface area contributed by atoms with E-state index in [-0.39, 0.29) is 0 Å². The molecule has 1 N–H and O–H groups in total. The molecule has 2 aromatic rings. The van der Waals surface area contributed by atoms with Gasteiger partial charge in [0.2, 0.25) is 0 Å². The number of nitrogens with zero attached hydrogens (tertiary/aromatic N) is 1. The van der Waals surface area contributed by atoms with Crippen LogP contribution < -0.4 is 0 Å². The quantitative estimate of drug-likeness (QED) is 0.718. The highest BCUT2D eigenvalue weighted by Crippen LogP contribution is 2.47. The van der Waals surface area contributed by atoms with E-state index >= 15 is 0 Å².